The van der Waals surface area contributed by atoms with E-state index in [0.29, 0.717) is 24.3 Å². The number of methoxy groups -OCH3 is 1. The van der Waals surface area contributed by atoms with Crippen LogP contribution in [0.4, 0.5) is 0 Å². The normalized spacial score (nSPS) is 10.9. The zero-order chi connectivity index (χ0) is 25.8. The fourth-order valence-electron chi connectivity index (χ4n) is 4.80. The molecule has 4 nitrogen and oxygen atoms in total. The lowest BCUT2D eigenvalue weighted by molar-refractivity contribution is 0.412. The highest BCUT2D eigenvalue weighted by Gasteiger charge is 2.20. The maximum atomic E-state index is 13.9. The quantitative estimate of drug-likeness (QED) is 0.228. The van der Waals surface area contributed by atoms with Gasteiger partial charge in [-0.15, -0.1) is 11.3 Å². The summed E-state index contributed by atoms with van der Waals surface area (Å²) in [5.74, 6) is 0.701. The first-order valence-electron chi connectivity index (χ1n) is 12.5. The molecule has 0 aliphatic heterocycles. The molecule has 0 atom stereocenters. The number of nitrogens with zero attached hydrogens (tertiary/aromatic N) is 2. The van der Waals surface area contributed by atoms with Gasteiger partial charge in [0.25, 0.3) is 5.56 Å². The van der Waals surface area contributed by atoms with Crippen molar-refractivity contribution in [2.75, 3.05) is 7.11 Å². The van der Waals surface area contributed by atoms with Gasteiger partial charge in [0.1, 0.15) is 10.6 Å². The Kier molecular flexibility index (Phi) is 7.20. The molecular formula is C32H28N2O2S. The number of pyridine rings is 1. The van der Waals surface area contributed by atoms with Gasteiger partial charge >= 0.3 is 0 Å². The second kappa shape index (κ2) is 10.9. The maximum absolute atomic E-state index is 13.9. The van der Waals surface area contributed by atoms with Crippen LogP contribution >= 0.6 is 11.3 Å². The van der Waals surface area contributed by atoms with Crippen LogP contribution in [0.5, 0.6) is 5.75 Å². The molecule has 184 valence electrons. The minimum atomic E-state index is 0.00341. The molecule has 3 aromatic carbocycles. The van der Waals surface area contributed by atoms with Crippen LogP contribution in [0.15, 0.2) is 89.7 Å². The molecule has 0 saturated heterocycles. The lowest BCUT2D eigenvalue weighted by Gasteiger charge is -2.15. The summed E-state index contributed by atoms with van der Waals surface area (Å²) < 4.78 is 7.75. The van der Waals surface area contributed by atoms with Crippen LogP contribution in [-0.4, -0.2) is 11.7 Å². The van der Waals surface area contributed by atoms with Gasteiger partial charge in [-0.3, -0.25) is 9.36 Å². The lowest BCUT2D eigenvalue weighted by atomic mass is 9.99. The van der Waals surface area contributed by atoms with Crippen LogP contribution in [0.2, 0.25) is 0 Å². The fourth-order valence-corrected chi connectivity index (χ4v) is 5.89. The Morgan fingerprint density at radius 2 is 1.65 bits per heavy atom. The zero-order valence-corrected chi connectivity index (χ0v) is 21.8. The van der Waals surface area contributed by atoms with Gasteiger partial charge in [0, 0.05) is 4.88 Å². The molecule has 0 bridgehead atoms. The van der Waals surface area contributed by atoms with Crippen LogP contribution in [0.3, 0.4) is 0 Å². The highest BCUT2D eigenvalue weighted by Crippen LogP contribution is 2.35. The van der Waals surface area contributed by atoms with E-state index in [1.807, 2.05) is 71.3 Å². The Hall–Kier alpha value is -4.14. The topological polar surface area (TPSA) is 55.0 Å². The van der Waals surface area contributed by atoms with Gasteiger partial charge in [0.2, 0.25) is 0 Å². The smallest absolute Gasteiger partial charge is 0.258 e. The number of benzene rings is 3. The molecule has 0 unspecified atom stereocenters. The number of hydrogen-bond donors (Lipinski definition) is 0. The van der Waals surface area contributed by atoms with Crippen molar-refractivity contribution in [2.45, 2.75) is 32.7 Å². The average molecular weight is 505 g/mol. The van der Waals surface area contributed by atoms with Crippen molar-refractivity contribution < 1.29 is 4.74 Å². The fraction of sp³-hybridized carbons (Fsp3) is 0.188. The summed E-state index contributed by atoms with van der Waals surface area (Å²) in [6.07, 6.45) is 2.29. The van der Waals surface area contributed by atoms with E-state index in [1.165, 1.54) is 10.4 Å². The van der Waals surface area contributed by atoms with E-state index in [-0.39, 0.29) is 5.56 Å². The minimum absolute atomic E-state index is 0.00341. The van der Waals surface area contributed by atoms with Crippen molar-refractivity contribution in [3.05, 3.63) is 122 Å². The van der Waals surface area contributed by atoms with Crippen LogP contribution in [0, 0.1) is 11.3 Å². The molecule has 37 heavy (non-hydrogen) atoms. The van der Waals surface area contributed by atoms with Crippen LogP contribution in [-0.2, 0) is 25.8 Å². The molecule has 0 radical (unpaired) electrons. The summed E-state index contributed by atoms with van der Waals surface area (Å²) >= 11 is 1.66. The largest absolute Gasteiger partial charge is 0.496 e. The van der Waals surface area contributed by atoms with Crippen molar-refractivity contribution in [1.29, 1.82) is 5.26 Å². The van der Waals surface area contributed by atoms with Crippen molar-refractivity contribution >= 4 is 21.6 Å². The SMILES string of the molecule is CCc1cc2c(OC)c(CCc3ccccc3)c(=O)n(Cc3ccc(-c4ccccc4C#N)cc3)c2s1. The van der Waals surface area contributed by atoms with E-state index in [4.69, 9.17) is 4.74 Å². The number of nitriles is 1. The van der Waals surface area contributed by atoms with Gasteiger partial charge in [0.15, 0.2) is 0 Å². The van der Waals surface area contributed by atoms with E-state index in [9.17, 15) is 10.1 Å². The van der Waals surface area contributed by atoms with Crippen molar-refractivity contribution in [1.82, 2.24) is 4.57 Å². The number of ether oxygens (including phenoxy) is 1. The highest BCUT2D eigenvalue weighted by atomic mass is 32.1. The maximum Gasteiger partial charge on any atom is 0.258 e. The third kappa shape index (κ3) is 4.94. The van der Waals surface area contributed by atoms with Gasteiger partial charge in [-0.1, -0.05) is 79.7 Å². The lowest BCUT2D eigenvalue weighted by Crippen LogP contribution is -2.25. The Bertz CT molecular complexity index is 1640. The third-order valence-electron chi connectivity index (χ3n) is 6.74. The number of rotatable bonds is 8. The number of hydrogen-bond acceptors (Lipinski definition) is 4. The van der Waals surface area contributed by atoms with Gasteiger partial charge in [-0.25, -0.2) is 0 Å². The molecule has 0 spiro atoms. The summed E-state index contributed by atoms with van der Waals surface area (Å²) in [5, 5.41) is 10.5. The van der Waals surface area contributed by atoms with Crippen LogP contribution in [0.25, 0.3) is 21.3 Å². The number of aryl methyl sites for hydroxylation is 2. The highest BCUT2D eigenvalue weighted by molar-refractivity contribution is 7.18. The zero-order valence-electron chi connectivity index (χ0n) is 21.0. The van der Waals surface area contributed by atoms with E-state index < -0.39 is 0 Å². The van der Waals surface area contributed by atoms with Gasteiger partial charge in [-0.05, 0) is 53.6 Å². The van der Waals surface area contributed by atoms with E-state index in [2.05, 4.69) is 31.2 Å². The summed E-state index contributed by atoms with van der Waals surface area (Å²) in [6.45, 7) is 2.61. The average Bonchev–Trinajstić information content (AvgIpc) is 3.38. The summed E-state index contributed by atoms with van der Waals surface area (Å²) in [7, 11) is 1.66. The second-order valence-corrected chi connectivity index (χ2v) is 10.1. The van der Waals surface area contributed by atoms with Gasteiger partial charge in [-0.2, -0.15) is 5.26 Å². The minimum Gasteiger partial charge on any atom is -0.496 e. The van der Waals surface area contributed by atoms with Gasteiger partial charge in [0.05, 0.1) is 36.2 Å². The predicted octanol–water partition coefficient (Wildman–Crippen LogP) is 7.01. The monoisotopic (exact) mass is 504 g/mol. The Morgan fingerprint density at radius 3 is 2.35 bits per heavy atom. The van der Waals surface area contributed by atoms with Crippen LogP contribution in [0.1, 0.15) is 34.1 Å². The molecule has 0 aliphatic rings. The van der Waals surface area contributed by atoms with Crippen molar-refractivity contribution in [2.24, 2.45) is 0 Å². The first-order chi connectivity index (χ1) is 18.1. The first-order valence-corrected chi connectivity index (χ1v) is 13.3. The molecule has 0 fully saturated rings. The van der Waals surface area contributed by atoms with Crippen molar-refractivity contribution in [3.8, 4) is 22.9 Å². The Labute approximate surface area is 221 Å². The second-order valence-electron chi connectivity index (χ2n) is 9.03. The Morgan fingerprint density at radius 1 is 0.919 bits per heavy atom. The number of fused-ring (bicyclic) bond motifs is 1. The first kappa shape index (κ1) is 24.5. The van der Waals surface area contributed by atoms with Gasteiger partial charge < -0.3 is 4.74 Å². The predicted molar refractivity (Wildman–Crippen MR) is 152 cm³/mol. The summed E-state index contributed by atoms with van der Waals surface area (Å²) in [6, 6.07) is 30.4. The molecule has 0 aliphatic carbocycles. The van der Waals surface area contributed by atoms with E-state index >= 15 is 0 Å². The molecule has 5 aromatic rings. The van der Waals surface area contributed by atoms with E-state index in [1.54, 1.807) is 18.4 Å². The molecule has 5 heteroatoms. The summed E-state index contributed by atoms with van der Waals surface area (Å²) in [5.41, 5.74) is 5.51. The number of thiophene rings is 1. The van der Waals surface area contributed by atoms with Crippen molar-refractivity contribution in [3.63, 3.8) is 0 Å². The molecule has 2 heterocycles. The van der Waals surface area contributed by atoms with E-state index in [0.717, 1.165) is 45.3 Å². The van der Waals surface area contributed by atoms with Crippen LogP contribution < -0.4 is 10.3 Å². The molecule has 2 aromatic heterocycles. The molecule has 0 N–H and O–H groups in total. The molecule has 0 amide bonds. The molecular weight excluding hydrogens is 476 g/mol. The number of aromatic nitrogens is 1. The molecule has 5 rings (SSSR count). The Balaban J connectivity index is 1.55. The third-order valence-corrected chi connectivity index (χ3v) is 8.05. The standard InChI is InChI=1S/C32H28N2O2S/c1-3-26-19-29-30(36-2)28(18-15-22-9-5-4-6-10-22)31(35)34(32(29)37-26)21-23-13-16-24(17-14-23)27-12-8-7-11-25(27)20-33/h4-14,16-17,19H,3,15,18,21H2,1-2H3. The molecule has 0 saturated carbocycles. The summed E-state index contributed by atoms with van der Waals surface area (Å²) in [4.78, 5) is 16.1.